The zero-order valence-corrected chi connectivity index (χ0v) is 13.6. The van der Waals surface area contributed by atoms with E-state index in [-0.39, 0.29) is 5.91 Å². The van der Waals surface area contributed by atoms with E-state index in [0.717, 1.165) is 28.5 Å². The molecule has 2 aromatic heterocycles. The van der Waals surface area contributed by atoms with Gasteiger partial charge in [-0.05, 0) is 52.7 Å². The van der Waals surface area contributed by atoms with Gasteiger partial charge in [0.1, 0.15) is 5.65 Å². The minimum atomic E-state index is -0.0528. The predicted molar refractivity (Wildman–Crippen MR) is 90.8 cm³/mol. The lowest BCUT2D eigenvalue weighted by Crippen LogP contribution is -2.25. The number of halogens is 1. The number of amides is 1. The molecule has 0 aliphatic rings. The third kappa shape index (κ3) is 3.20. The van der Waals surface area contributed by atoms with Crippen molar-refractivity contribution >= 4 is 32.9 Å². The Labute approximate surface area is 137 Å². The SMILES string of the molecule is O=C(NCCCn1ccc2cccnc21)c1ccccc1Br. The van der Waals surface area contributed by atoms with Crippen LogP contribution in [0.2, 0.25) is 0 Å². The Balaban J connectivity index is 1.54. The molecule has 4 nitrogen and oxygen atoms in total. The van der Waals surface area contributed by atoms with Crippen LogP contribution in [-0.4, -0.2) is 22.0 Å². The van der Waals surface area contributed by atoms with Crippen LogP contribution >= 0.6 is 15.9 Å². The van der Waals surface area contributed by atoms with Gasteiger partial charge in [-0.1, -0.05) is 12.1 Å². The third-order valence-corrected chi connectivity index (χ3v) is 4.19. The quantitative estimate of drug-likeness (QED) is 0.708. The second-order valence-corrected chi connectivity index (χ2v) is 5.87. The van der Waals surface area contributed by atoms with Gasteiger partial charge >= 0.3 is 0 Å². The molecule has 0 saturated carbocycles. The minimum Gasteiger partial charge on any atom is -0.352 e. The van der Waals surface area contributed by atoms with Crippen molar-refractivity contribution in [3.63, 3.8) is 0 Å². The van der Waals surface area contributed by atoms with Crippen LogP contribution in [0.4, 0.5) is 0 Å². The molecule has 0 saturated heterocycles. The average Bonchev–Trinajstić information content (AvgIpc) is 2.95. The fraction of sp³-hybridized carbons (Fsp3) is 0.176. The van der Waals surface area contributed by atoms with Gasteiger partial charge in [-0.25, -0.2) is 4.98 Å². The summed E-state index contributed by atoms with van der Waals surface area (Å²) in [6.45, 7) is 1.46. The van der Waals surface area contributed by atoms with Crippen LogP contribution in [0.3, 0.4) is 0 Å². The fourth-order valence-corrected chi connectivity index (χ4v) is 2.86. The Morgan fingerprint density at radius 1 is 1.18 bits per heavy atom. The van der Waals surface area contributed by atoms with Gasteiger partial charge in [0.05, 0.1) is 5.56 Å². The van der Waals surface area contributed by atoms with Crippen molar-refractivity contribution in [2.45, 2.75) is 13.0 Å². The lowest BCUT2D eigenvalue weighted by atomic mass is 10.2. The highest BCUT2D eigenvalue weighted by Crippen LogP contribution is 2.15. The van der Waals surface area contributed by atoms with Crippen molar-refractivity contribution in [3.05, 3.63) is 64.9 Å². The molecule has 0 bridgehead atoms. The van der Waals surface area contributed by atoms with E-state index in [1.807, 2.05) is 42.6 Å². The van der Waals surface area contributed by atoms with Crippen LogP contribution < -0.4 is 5.32 Å². The molecule has 0 radical (unpaired) electrons. The molecule has 1 aromatic carbocycles. The first kappa shape index (κ1) is 14.8. The minimum absolute atomic E-state index is 0.0528. The molecule has 2 heterocycles. The van der Waals surface area contributed by atoms with Gasteiger partial charge in [0.15, 0.2) is 0 Å². The van der Waals surface area contributed by atoms with Crippen LogP contribution in [-0.2, 0) is 6.54 Å². The van der Waals surface area contributed by atoms with E-state index < -0.39 is 0 Å². The standard InChI is InChI=1S/C17H16BrN3O/c18-15-7-2-1-6-14(15)17(22)20-10-4-11-21-12-8-13-5-3-9-19-16(13)21/h1-3,5-9,12H,4,10-11H2,(H,20,22). The highest BCUT2D eigenvalue weighted by Gasteiger charge is 2.08. The maximum atomic E-state index is 12.1. The highest BCUT2D eigenvalue weighted by atomic mass is 79.9. The third-order valence-electron chi connectivity index (χ3n) is 3.50. The summed E-state index contributed by atoms with van der Waals surface area (Å²) < 4.78 is 2.92. The van der Waals surface area contributed by atoms with Crippen LogP contribution in [0.15, 0.2) is 59.3 Å². The second-order valence-electron chi connectivity index (χ2n) is 5.01. The van der Waals surface area contributed by atoms with Crippen LogP contribution in [0.25, 0.3) is 11.0 Å². The number of aromatic nitrogens is 2. The number of nitrogens with zero attached hydrogens (tertiary/aromatic N) is 2. The van der Waals surface area contributed by atoms with E-state index in [4.69, 9.17) is 0 Å². The number of hydrogen-bond acceptors (Lipinski definition) is 2. The molecule has 1 amide bonds. The van der Waals surface area contributed by atoms with Crippen LogP contribution in [0.1, 0.15) is 16.8 Å². The van der Waals surface area contributed by atoms with Crippen LogP contribution in [0, 0.1) is 0 Å². The van der Waals surface area contributed by atoms with Crippen molar-refractivity contribution in [3.8, 4) is 0 Å². The number of carbonyl (C=O) groups is 1. The molecule has 1 N–H and O–H groups in total. The summed E-state index contributed by atoms with van der Waals surface area (Å²) in [6.07, 6.45) is 4.69. The molecule has 112 valence electrons. The lowest BCUT2D eigenvalue weighted by molar-refractivity contribution is 0.0952. The molecule has 3 rings (SSSR count). The van der Waals surface area contributed by atoms with Gasteiger partial charge < -0.3 is 9.88 Å². The Morgan fingerprint density at radius 3 is 2.91 bits per heavy atom. The number of rotatable bonds is 5. The summed E-state index contributed by atoms with van der Waals surface area (Å²) >= 11 is 3.39. The summed E-state index contributed by atoms with van der Waals surface area (Å²) in [7, 11) is 0. The molecular weight excluding hydrogens is 342 g/mol. The van der Waals surface area contributed by atoms with E-state index in [0.29, 0.717) is 12.1 Å². The van der Waals surface area contributed by atoms with Crippen LogP contribution in [0.5, 0.6) is 0 Å². The summed E-state index contributed by atoms with van der Waals surface area (Å²) in [6, 6.07) is 13.5. The maximum Gasteiger partial charge on any atom is 0.252 e. The first-order valence-corrected chi connectivity index (χ1v) is 7.97. The van der Waals surface area contributed by atoms with E-state index in [9.17, 15) is 4.79 Å². The molecule has 0 unspecified atom stereocenters. The summed E-state index contributed by atoms with van der Waals surface area (Å²) in [5.74, 6) is -0.0528. The predicted octanol–water partition coefficient (Wildman–Crippen LogP) is 3.62. The van der Waals surface area contributed by atoms with Gasteiger partial charge in [0.25, 0.3) is 5.91 Å². The zero-order chi connectivity index (χ0) is 15.4. The van der Waals surface area contributed by atoms with Gasteiger partial charge in [0.2, 0.25) is 0 Å². The first-order valence-electron chi connectivity index (χ1n) is 7.18. The summed E-state index contributed by atoms with van der Waals surface area (Å²) in [5.41, 5.74) is 1.65. The summed E-state index contributed by atoms with van der Waals surface area (Å²) in [4.78, 5) is 16.5. The lowest BCUT2D eigenvalue weighted by Gasteiger charge is -2.08. The number of aryl methyl sites for hydroxylation is 1. The summed E-state index contributed by atoms with van der Waals surface area (Å²) in [5, 5.41) is 4.09. The van der Waals surface area contributed by atoms with Gasteiger partial charge in [-0.2, -0.15) is 0 Å². The molecule has 3 aromatic rings. The number of hydrogen-bond donors (Lipinski definition) is 1. The maximum absolute atomic E-state index is 12.1. The average molecular weight is 358 g/mol. The number of carbonyl (C=O) groups excluding carboxylic acids is 1. The van der Waals surface area contributed by atoms with Crippen molar-refractivity contribution in [2.75, 3.05) is 6.54 Å². The number of benzene rings is 1. The van der Waals surface area contributed by atoms with Gasteiger partial charge in [-0.3, -0.25) is 4.79 Å². The highest BCUT2D eigenvalue weighted by molar-refractivity contribution is 9.10. The molecule has 0 aliphatic heterocycles. The molecule has 0 fully saturated rings. The molecule has 5 heteroatoms. The fourth-order valence-electron chi connectivity index (χ4n) is 2.39. The normalized spacial score (nSPS) is 10.8. The smallest absolute Gasteiger partial charge is 0.252 e. The van der Waals surface area contributed by atoms with Crippen molar-refractivity contribution < 1.29 is 4.79 Å². The Hall–Kier alpha value is -2.14. The number of pyridine rings is 1. The first-order chi connectivity index (χ1) is 10.8. The second kappa shape index (κ2) is 6.75. The van der Waals surface area contributed by atoms with E-state index in [1.54, 1.807) is 6.20 Å². The monoisotopic (exact) mass is 357 g/mol. The van der Waals surface area contributed by atoms with Crippen molar-refractivity contribution in [2.24, 2.45) is 0 Å². The topological polar surface area (TPSA) is 46.9 Å². The van der Waals surface area contributed by atoms with E-state index in [1.165, 1.54) is 0 Å². The van der Waals surface area contributed by atoms with Crippen molar-refractivity contribution in [1.29, 1.82) is 0 Å². The zero-order valence-electron chi connectivity index (χ0n) is 12.0. The molecule has 0 spiro atoms. The van der Waals surface area contributed by atoms with E-state index >= 15 is 0 Å². The Bertz CT molecular complexity index is 797. The van der Waals surface area contributed by atoms with Gasteiger partial charge in [0, 0.05) is 35.3 Å². The molecule has 0 aliphatic carbocycles. The number of nitrogens with one attached hydrogen (secondary N) is 1. The molecular formula is C17H16BrN3O. The van der Waals surface area contributed by atoms with E-state index in [2.05, 4.69) is 36.9 Å². The Morgan fingerprint density at radius 2 is 2.05 bits per heavy atom. The molecule has 0 atom stereocenters. The number of fused-ring (bicyclic) bond motifs is 1. The molecule has 22 heavy (non-hydrogen) atoms. The van der Waals surface area contributed by atoms with Gasteiger partial charge in [-0.15, -0.1) is 0 Å². The Kier molecular flexibility index (Phi) is 4.53. The van der Waals surface area contributed by atoms with Crippen molar-refractivity contribution in [1.82, 2.24) is 14.9 Å². The largest absolute Gasteiger partial charge is 0.352 e.